The number of imidazole rings is 1. The third-order valence-electron chi connectivity index (χ3n) is 3.99. The molecule has 0 aliphatic carbocycles. The second-order valence-electron chi connectivity index (χ2n) is 5.42. The van der Waals surface area contributed by atoms with Gasteiger partial charge < -0.3 is 10.3 Å². The van der Waals surface area contributed by atoms with Crippen LogP contribution in [0.2, 0.25) is 0 Å². The molecule has 1 atom stereocenters. The van der Waals surface area contributed by atoms with Crippen LogP contribution in [0.5, 0.6) is 0 Å². The molecule has 4 heteroatoms. The minimum absolute atomic E-state index is 0.495. The number of hydrogen-bond acceptors (Lipinski definition) is 3. The highest BCUT2D eigenvalue weighted by atomic mass is 15.2. The van der Waals surface area contributed by atoms with Crippen molar-refractivity contribution >= 4 is 0 Å². The molecule has 1 aliphatic rings. The largest absolute Gasteiger partial charge is 0.347 e. The predicted molar refractivity (Wildman–Crippen MR) is 80.3 cm³/mol. The van der Waals surface area contributed by atoms with Crippen LogP contribution < -0.4 is 5.32 Å². The van der Waals surface area contributed by atoms with Crippen molar-refractivity contribution in [3.05, 3.63) is 53.6 Å². The Morgan fingerprint density at radius 2 is 2.15 bits per heavy atom. The second-order valence-corrected chi connectivity index (χ2v) is 5.42. The highest BCUT2D eigenvalue weighted by Gasteiger charge is 2.21. The molecule has 0 amide bonds. The van der Waals surface area contributed by atoms with Gasteiger partial charge in [0.05, 0.1) is 17.7 Å². The van der Waals surface area contributed by atoms with Gasteiger partial charge in [0, 0.05) is 32.1 Å². The zero-order valence-electron chi connectivity index (χ0n) is 12.0. The van der Waals surface area contributed by atoms with Crippen molar-refractivity contribution in [1.82, 2.24) is 20.2 Å². The number of likely N-dealkylation sites (N-methyl/N-ethyl adjacent to an activating group) is 1. The smallest absolute Gasteiger partial charge is 0.0925 e. The van der Waals surface area contributed by atoms with E-state index in [1.165, 1.54) is 17.0 Å². The van der Waals surface area contributed by atoms with Gasteiger partial charge in [-0.2, -0.15) is 0 Å². The number of nitrogens with zero attached hydrogens (tertiary/aromatic N) is 2. The van der Waals surface area contributed by atoms with Crippen LogP contribution >= 0.6 is 0 Å². The average Bonchev–Trinajstić information content (AvgIpc) is 2.95. The van der Waals surface area contributed by atoms with E-state index in [0.717, 1.165) is 32.6 Å². The summed E-state index contributed by atoms with van der Waals surface area (Å²) in [6, 6.07) is 11.2. The maximum absolute atomic E-state index is 4.41. The Bertz CT molecular complexity index is 534. The summed E-state index contributed by atoms with van der Waals surface area (Å²) in [6.07, 6.45) is 2.82. The quantitative estimate of drug-likeness (QED) is 0.873. The lowest BCUT2D eigenvalue weighted by Gasteiger charge is -2.29. The molecule has 106 valence electrons. The molecule has 4 nitrogen and oxygen atoms in total. The van der Waals surface area contributed by atoms with E-state index in [1.54, 1.807) is 6.33 Å². The Hall–Kier alpha value is -1.65. The van der Waals surface area contributed by atoms with Gasteiger partial charge in [-0.25, -0.2) is 4.98 Å². The Morgan fingerprint density at radius 1 is 1.30 bits per heavy atom. The fourth-order valence-corrected chi connectivity index (χ4v) is 2.82. The highest BCUT2D eigenvalue weighted by Crippen LogP contribution is 2.14. The molecule has 20 heavy (non-hydrogen) atoms. The molecule has 0 bridgehead atoms. The van der Waals surface area contributed by atoms with Gasteiger partial charge >= 0.3 is 0 Å². The molecule has 2 aromatic rings. The van der Waals surface area contributed by atoms with Crippen LogP contribution in [0.4, 0.5) is 0 Å². The van der Waals surface area contributed by atoms with Crippen molar-refractivity contribution in [3.8, 4) is 0 Å². The van der Waals surface area contributed by atoms with Crippen LogP contribution in [-0.4, -0.2) is 34.0 Å². The fraction of sp³-hybridized carbons (Fsp3) is 0.438. The first-order valence-corrected chi connectivity index (χ1v) is 7.36. The molecule has 0 radical (unpaired) electrons. The van der Waals surface area contributed by atoms with Crippen molar-refractivity contribution in [3.63, 3.8) is 0 Å². The van der Waals surface area contributed by atoms with Crippen LogP contribution in [0.15, 0.2) is 36.7 Å². The summed E-state index contributed by atoms with van der Waals surface area (Å²) in [6.45, 7) is 6.29. The molecule has 1 aliphatic heterocycles. The van der Waals surface area contributed by atoms with E-state index in [2.05, 4.69) is 57.4 Å². The number of benzene rings is 1. The van der Waals surface area contributed by atoms with E-state index in [4.69, 9.17) is 0 Å². The summed E-state index contributed by atoms with van der Waals surface area (Å²) in [5.41, 5.74) is 3.85. The van der Waals surface area contributed by atoms with Crippen molar-refractivity contribution in [2.45, 2.75) is 32.5 Å². The molecular formula is C16H22N4. The van der Waals surface area contributed by atoms with E-state index in [0.29, 0.717) is 6.04 Å². The summed E-state index contributed by atoms with van der Waals surface area (Å²) in [5, 5.41) is 3.60. The molecule has 1 unspecified atom stereocenters. The van der Waals surface area contributed by atoms with Gasteiger partial charge in [-0.05, 0) is 12.1 Å². The molecule has 0 spiro atoms. The van der Waals surface area contributed by atoms with Crippen LogP contribution in [0.1, 0.15) is 23.9 Å². The number of nitrogens with one attached hydrogen (secondary N) is 2. The molecule has 1 aromatic heterocycles. The highest BCUT2D eigenvalue weighted by molar-refractivity contribution is 5.17. The topological polar surface area (TPSA) is 44.0 Å². The number of fused-ring (bicyclic) bond motifs is 1. The number of aromatic nitrogens is 2. The molecule has 3 rings (SSSR count). The van der Waals surface area contributed by atoms with Crippen molar-refractivity contribution in [1.29, 1.82) is 0 Å². The van der Waals surface area contributed by atoms with E-state index in [1.807, 2.05) is 0 Å². The van der Waals surface area contributed by atoms with Gasteiger partial charge in [-0.3, -0.25) is 4.90 Å². The number of hydrogen-bond donors (Lipinski definition) is 2. The summed E-state index contributed by atoms with van der Waals surface area (Å²) in [5.74, 6) is 0. The Morgan fingerprint density at radius 3 is 2.95 bits per heavy atom. The second kappa shape index (κ2) is 6.20. The molecule has 0 fully saturated rings. The molecule has 2 heterocycles. The first kappa shape index (κ1) is 13.3. The van der Waals surface area contributed by atoms with E-state index < -0.39 is 0 Å². The van der Waals surface area contributed by atoms with Gasteiger partial charge in [0.25, 0.3) is 0 Å². The number of rotatable bonds is 5. The van der Waals surface area contributed by atoms with Gasteiger partial charge in [-0.1, -0.05) is 37.3 Å². The molecule has 0 saturated carbocycles. The molecule has 1 aromatic carbocycles. The van der Waals surface area contributed by atoms with Gasteiger partial charge in [0.2, 0.25) is 0 Å². The Balaban J connectivity index is 1.59. The minimum atomic E-state index is 0.495. The van der Waals surface area contributed by atoms with Crippen molar-refractivity contribution in [2.75, 3.05) is 13.1 Å². The predicted octanol–water partition coefficient (Wildman–Crippen LogP) is 1.95. The summed E-state index contributed by atoms with van der Waals surface area (Å²) in [7, 11) is 0. The monoisotopic (exact) mass is 270 g/mol. The summed E-state index contributed by atoms with van der Waals surface area (Å²) >= 11 is 0. The van der Waals surface area contributed by atoms with Crippen LogP contribution in [0, 0.1) is 0 Å². The lowest BCUT2D eigenvalue weighted by molar-refractivity contribution is 0.238. The zero-order chi connectivity index (χ0) is 13.8. The Kier molecular flexibility index (Phi) is 4.14. The van der Waals surface area contributed by atoms with Crippen LogP contribution in [-0.2, 0) is 19.5 Å². The standard InChI is InChI=1S/C16H22N4/c1-2-20(10-13-6-4-3-5-7-13)11-14-8-15-16(9-17-14)19-12-18-15/h3-7,12,14,17H,2,8-11H2,1H3,(H,18,19). The maximum Gasteiger partial charge on any atom is 0.0925 e. The lowest BCUT2D eigenvalue weighted by Crippen LogP contribution is -2.44. The van der Waals surface area contributed by atoms with Crippen molar-refractivity contribution in [2.24, 2.45) is 0 Å². The first-order valence-electron chi connectivity index (χ1n) is 7.36. The summed E-state index contributed by atoms with van der Waals surface area (Å²) in [4.78, 5) is 10.1. The van der Waals surface area contributed by atoms with E-state index >= 15 is 0 Å². The van der Waals surface area contributed by atoms with E-state index in [9.17, 15) is 0 Å². The molecular weight excluding hydrogens is 248 g/mol. The summed E-state index contributed by atoms with van der Waals surface area (Å²) < 4.78 is 0. The van der Waals surface area contributed by atoms with Crippen LogP contribution in [0.3, 0.4) is 0 Å². The third-order valence-corrected chi connectivity index (χ3v) is 3.99. The zero-order valence-corrected chi connectivity index (χ0v) is 12.0. The number of aromatic amines is 1. The SMILES string of the molecule is CCN(Cc1ccccc1)CC1Cc2nc[nH]c2CN1. The average molecular weight is 270 g/mol. The fourth-order valence-electron chi connectivity index (χ4n) is 2.82. The van der Waals surface area contributed by atoms with Gasteiger partial charge in [0.1, 0.15) is 0 Å². The minimum Gasteiger partial charge on any atom is -0.347 e. The third kappa shape index (κ3) is 3.08. The van der Waals surface area contributed by atoms with Crippen molar-refractivity contribution < 1.29 is 0 Å². The first-order chi connectivity index (χ1) is 9.85. The van der Waals surface area contributed by atoms with E-state index in [-0.39, 0.29) is 0 Å². The Labute approximate surface area is 120 Å². The maximum atomic E-state index is 4.41. The molecule has 0 saturated heterocycles. The normalized spacial score (nSPS) is 18.2. The lowest BCUT2D eigenvalue weighted by atomic mass is 10.0. The molecule has 2 N–H and O–H groups in total. The van der Waals surface area contributed by atoms with Crippen LogP contribution in [0.25, 0.3) is 0 Å². The van der Waals surface area contributed by atoms with Gasteiger partial charge in [0.15, 0.2) is 0 Å². The number of H-pyrrole nitrogens is 1. The van der Waals surface area contributed by atoms with Gasteiger partial charge in [-0.15, -0.1) is 0 Å².